The molecule has 0 radical (unpaired) electrons. The van der Waals surface area contributed by atoms with Crippen LogP contribution in [0, 0.1) is 11.6 Å². The summed E-state index contributed by atoms with van der Waals surface area (Å²) in [4.78, 5) is 40.1. The van der Waals surface area contributed by atoms with Crippen LogP contribution in [-0.2, 0) is 9.59 Å². The first-order chi connectivity index (χ1) is 13.3. The fourth-order valence-electron chi connectivity index (χ4n) is 3.17. The molecule has 0 saturated carbocycles. The van der Waals surface area contributed by atoms with Gasteiger partial charge < -0.3 is 15.1 Å². The second kappa shape index (κ2) is 7.75. The van der Waals surface area contributed by atoms with Crippen molar-refractivity contribution in [2.75, 3.05) is 23.8 Å². The molecular formula is C20H19F2N3O3. The summed E-state index contributed by atoms with van der Waals surface area (Å²) >= 11 is 0. The van der Waals surface area contributed by atoms with E-state index in [9.17, 15) is 23.2 Å². The van der Waals surface area contributed by atoms with Crippen molar-refractivity contribution in [1.29, 1.82) is 0 Å². The minimum atomic E-state index is -1.13. The Morgan fingerprint density at radius 3 is 2.61 bits per heavy atom. The number of likely N-dealkylation sites (N-methyl/N-ethyl adjacent to an activating group) is 1. The molecule has 8 heteroatoms. The highest BCUT2D eigenvalue weighted by Crippen LogP contribution is 2.31. The highest BCUT2D eigenvalue weighted by Gasteiger charge is 2.30. The SMILES string of the molecule is CC1CC(=O)Nc2ccccc2N1C(=O)CN(C)C(=O)c1ccc(F)c(F)c1. The van der Waals surface area contributed by atoms with Crippen molar-refractivity contribution < 1.29 is 23.2 Å². The van der Waals surface area contributed by atoms with Crippen LogP contribution < -0.4 is 10.2 Å². The van der Waals surface area contributed by atoms with Gasteiger partial charge in [-0.05, 0) is 37.3 Å². The van der Waals surface area contributed by atoms with Crippen molar-refractivity contribution in [2.24, 2.45) is 0 Å². The molecule has 0 saturated heterocycles. The molecule has 1 aliphatic rings. The zero-order valence-electron chi connectivity index (χ0n) is 15.4. The minimum absolute atomic E-state index is 0.0599. The number of amides is 3. The van der Waals surface area contributed by atoms with E-state index in [2.05, 4.69) is 5.32 Å². The van der Waals surface area contributed by atoms with Gasteiger partial charge in [-0.25, -0.2) is 8.78 Å². The van der Waals surface area contributed by atoms with Crippen molar-refractivity contribution in [1.82, 2.24) is 4.90 Å². The van der Waals surface area contributed by atoms with Gasteiger partial charge in [0.25, 0.3) is 5.91 Å². The molecule has 146 valence electrons. The fourth-order valence-corrected chi connectivity index (χ4v) is 3.17. The number of fused-ring (bicyclic) bond motifs is 1. The second-order valence-electron chi connectivity index (χ2n) is 6.67. The summed E-state index contributed by atoms with van der Waals surface area (Å²) in [5.41, 5.74) is 0.995. The van der Waals surface area contributed by atoms with Crippen molar-refractivity contribution in [3.05, 3.63) is 59.7 Å². The Labute approximate surface area is 160 Å². The van der Waals surface area contributed by atoms with Gasteiger partial charge in [-0.2, -0.15) is 0 Å². The molecule has 1 unspecified atom stereocenters. The third kappa shape index (κ3) is 3.85. The zero-order chi connectivity index (χ0) is 20.4. The Morgan fingerprint density at radius 2 is 1.89 bits per heavy atom. The smallest absolute Gasteiger partial charge is 0.254 e. The van der Waals surface area contributed by atoms with E-state index in [0.29, 0.717) is 11.4 Å². The van der Waals surface area contributed by atoms with Gasteiger partial charge in [0, 0.05) is 25.1 Å². The van der Waals surface area contributed by atoms with Crippen LogP contribution in [0.3, 0.4) is 0 Å². The van der Waals surface area contributed by atoms with Gasteiger partial charge in [0.1, 0.15) is 6.54 Å². The molecule has 0 spiro atoms. The Bertz CT molecular complexity index is 948. The van der Waals surface area contributed by atoms with Gasteiger partial charge in [0.2, 0.25) is 11.8 Å². The van der Waals surface area contributed by atoms with E-state index in [1.165, 1.54) is 11.9 Å². The molecule has 1 heterocycles. The maximum absolute atomic E-state index is 13.4. The van der Waals surface area contributed by atoms with Crippen molar-refractivity contribution >= 4 is 29.1 Å². The van der Waals surface area contributed by atoms with E-state index in [4.69, 9.17) is 0 Å². The molecule has 0 aliphatic carbocycles. The number of anilines is 2. The quantitative estimate of drug-likeness (QED) is 0.881. The normalized spacial score (nSPS) is 16.1. The van der Waals surface area contributed by atoms with Gasteiger partial charge >= 0.3 is 0 Å². The largest absolute Gasteiger partial charge is 0.332 e. The zero-order valence-corrected chi connectivity index (χ0v) is 15.4. The molecule has 1 aliphatic heterocycles. The van der Waals surface area contributed by atoms with Crippen molar-refractivity contribution in [2.45, 2.75) is 19.4 Å². The first kappa shape index (κ1) is 19.5. The molecule has 0 fully saturated rings. The molecule has 28 heavy (non-hydrogen) atoms. The second-order valence-corrected chi connectivity index (χ2v) is 6.67. The van der Waals surface area contributed by atoms with E-state index in [0.717, 1.165) is 23.1 Å². The van der Waals surface area contributed by atoms with E-state index in [1.807, 2.05) is 0 Å². The Morgan fingerprint density at radius 1 is 1.18 bits per heavy atom. The molecule has 2 aromatic rings. The number of halogens is 2. The maximum atomic E-state index is 13.4. The number of para-hydroxylation sites is 2. The summed E-state index contributed by atoms with van der Waals surface area (Å²) in [5.74, 6) is -3.40. The maximum Gasteiger partial charge on any atom is 0.254 e. The fraction of sp³-hybridized carbons (Fsp3) is 0.250. The summed E-state index contributed by atoms with van der Waals surface area (Å²) in [5, 5.41) is 2.76. The number of hydrogen-bond acceptors (Lipinski definition) is 3. The van der Waals surface area contributed by atoms with Crippen LogP contribution in [-0.4, -0.2) is 42.3 Å². The molecule has 3 rings (SSSR count). The lowest BCUT2D eigenvalue weighted by Crippen LogP contribution is -2.45. The summed E-state index contributed by atoms with van der Waals surface area (Å²) in [6, 6.07) is 9.31. The molecule has 6 nitrogen and oxygen atoms in total. The number of nitrogens with one attached hydrogen (secondary N) is 1. The Balaban J connectivity index is 1.82. The number of hydrogen-bond donors (Lipinski definition) is 1. The van der Waals surface area contributed by atoms with Gasteiger partial charge in [-0.15, -0.1) is 0 Å². The van der Waals surface area contributed by atoms with Crippen LogP contribution in [0.1, 0.15) is 23.7 Å². The third-order valence-electron chi connectivity index (χ3n) is 4.51. The van der Waals surface area contributed by atoms with Crippen LogP contribution in [0.5, 0.6) is 0 Å². The molecular weight excluding hydrogens is 368 g/mol. The minimum Gasteiger partial charge on any atom is -0.332 e. The Hall–Kier alpha value is -3.29. The number of nitrogens with zero attached hydrogens (tertiary/aromatic N) is 2. The lowest BCUT2D eigenvalue weighted by Gasteiger charge is -2.29. The van der Waals surface area contributed by atoms with Gasteiger partial charge in [-0.1, -0.05) is 12.1 Å². The number of rotatable bonds is 3. The highest BCUT2D eigenvalue weighted by atomic mass is 19.2. The summed E-state index contributed by atoms with van der Waals surface area (Å²) in [7, 11) is 1.40. The predicted molar refractivity (Wildman–Crippen MR) is 100.0 cm³/mol. The van der Waals surface area contributed by atoms with Crippen LogP contribution in [0.25, 0.3) is 0 Å². The van der Waals surface area contributed by atoms with Crippen LogP contribution in [0.4, 0.5) is 20.2 Å². The lowest BCUT2D eigenvalue weighted by molar-refractivity contribution is -0.119. The van der Waals surface area contributed by atoms with Crippen LogP contribution >= 0.6 is 0 Å². The number of carbonyl (C=O) groups excluding carboxylic acids is 3. The van der Waals surface area contributed by atoms with Crippen molar-refractivity contribution in [3.8, 4) is 0 Å². The molecule has 0 aromatic heterocycles. The molecule has 3 amide bonds. The molecule has 1 atom stereocenters. The number of carbonyl (C=O) groups is 3. The third-order valence-corrected chi connectivity index (χ3v) is 4.51. The van der Waals surface area contributed by atoms with Gasteiger partial charge in [-0.3, -0.25) is 14.4 Å². The van der Waals surface area contributed by atoms with Crippen molar-refractivity contribution in [3.63, 3.8) is 0 Å². The van der Waals surface area contributed by atoms with E-state index < -0.39 is 29.5 Å². The van der Waals surface area contributed by atoms with Gasteiger partial charge in [0.15, 0.2) is 11.6 Å². The molecule has 0 bridgehead atoms. The van der Waals surface area contributed by atoms with E-state index in [-0.39, 0.29) is 24.4 Å². The topological polar surface area (TPSA) is 69.7 Å². The average Bonchev–Trinajstić information content (AvgIpc) is 2.77. The first-order valence-corrected chi connectivity index (χ1v) is 8.69. The van der Waals surface area contributed by atoms with E-state index in [1.54, 1.807) is 31.2 Å². The molecule has 1 N–H and O–H groups in total. The van der Waals surface area contributed by atoms with Gasteiger partial charge in [0.05, 0.1) is 11.4 Å². The van der Waals surface area contributed by atoms with Crippen LogP contribution in [0.2, 0.25) is 0 Å². The lowest BCUT2D eigenvalue weighted by atomic mass is 10.1. The monoisotopic (exact) mass is 387 g/mol. The standard InChI is InChI=1S/C20H19F2N3O3/c1-12-9-18(26)23-16-5-3-4-6-17(16)25(12)19(27)11-24(2)20(28)13-7-8-14(21)15(22)10-13/h3-8,10,12H,9,11H2,1-2H3,(H,23,26). The summed E-state index contributed by atoms with van der Waals surface area (Å²) < 4.78 is 26.5. The van der Waals surface area contributed by atoms with E-state index >= 15 is 0 Å². The van der Waals surface area contributed by atoms with Crippen LogP contribution in [0.15, 0.2) is 42.5 Å². The Kier molecular flexibility index (Phi) is 5.39. The summed E-state index contributed by atoms with van der Waals surface area (Å²) in [6.45, 7) is 1.46. The number of benzene rings is 2. The summed E-state index contributed by atoms with van der Waals surface area (Å²) in [6.07, 6.45) is 0.112. The highest BCUT2D eigenvalue weighted by molar-refractivity contribution is 6.06. The average molecular weight is 387 g/mol. The first-order valence-electron chi connectivity index (χ1n) is 8.69. The molecule has 2 aromatic carbocycles. The predicted octanol–water partition coefficient (Wildman–Crippen LogP) is 2.80.